The van der Waals surface area contributed by atoms with E-state index in [2.05, 4.69) is 15.5 Å². The molecule has 0 spiro atoms. The summed E-state index contributed by atoms with van der Waals surface area (Å²) < 4.78 is 9.63. The Hall–Kier alpha value is -1.77. The standard InChI is InChI=1S/C5H6N4O2/c1-2-10-5-9-8-4(11-5)7-3-6/h2H2,1H3,(H,7,8). The zero-order chi connectivity index (χ0) is 8.10. The predicted octanol–water partition coefficient (Wildman–Crippen LogP) is 0.361. The number of anilines is 1. The molecule has 0 aliphatic carbocycles. The predicted molar refractivity (Wildman–Crippen MR) is 34.7 cm³/mol. The number of aromatic nitrogens is 2. The fraction of sp³-hybridized carbons (Fsp3) is 0.400. The van der Waals surface area contributed by atoms with Gasteiger partial charge in [-0.15, -0.1) is 0 Å². The van der Waals surface area contributed by atoms with Gasteiger partial charge in [-0.2, -0.15) is 5.26 Å². The van der Waals surface area contributed by atoms with Crippen LogP contribution in [0.25, 0.3) is 0 Å². The Morgan fingerprint density at radius 3 is 3.18 bits per heavy atom. The van der Waals surface area contributed by atoms with Crippen LogP contribution in [0, 0.1) is 11.5 Å². The first-order valence-corrected chi connectivity index (χ1v) is 2.98. The Kier molecular flexibility index (Phi) is 2.28. The van der Waals surface area contributed by atoms with Crippen molar-refractivity contribution in [3.8, 4) is 12.3 Å². The molecule has 0 aliphatic heterocycles. The first-order valence-electron chi connectivity index (χ1n) is 2.98. The molecule has 1 N–H and O–H groups in total. The van der Waals surface area contributed by atoms with Gasteiger partial charge in [0.05, 0.1) is 6.61 Å². The molecule has 0 fully saturated rings. The van der Waals surface area contributed by atoms with Crippen LogP contribution < -0.4 is 10.1 Å². The number of rotatable bonds is 3. The summed E-state index contributed by atoms with van der Waals surface area (Å²) in [6, 6.07) is 0.0379. The van der Waals surface area contributed by atoms with Crippen LogP contribution in [-0.2, 0) is 0 Å². The van der Waals surface area contributed by atoms with Gasteiger partial charge in [-0.3, -0.25) is 0 Å². The number of hydrogen-bond donors (Lipinski definition) is 1. The van der Waals surface area contributed by atoms with Crippen LogP contribution in [0.2, 0.25) is 0 Å². The third-order valence-corrected chi connectivity index (χ3v) is 0.837. The molecule has 58 valence electrons. The number of hydrogen-bond acceptors (Lipinski definition) is 6. The van der Waals surface area contributed by atoms with Crippen molar-refractivity contribution in [2.24, 2.45) is 0 Å². The summed E-state index contributed by atoms with van der Waals surface area (Å²) in [6.45, 7) is 2.25. The average molecular weight is 154 g/mol. The van der Waals surface area contributed by atoms with Crippen LogP contribution in [0.1, 0.15) is 6.92 Å². The molecule has 0 radical (unpaired) electrons. The summed E-state index contributed by atoms with van der Waals surface area (Å²) in [5, 5.41) is 17.2. The smallest absolute Gasteiger partial charge is 0.416 e. The van der Waals surface area contributed by atoms with Crippen molar-refractivity contribution in [2.75, 3.05) is 11.9 Å². The highest BCUT2D eigenvalue weighted by Crippen LogP contribution is 2.10. The summed E-state index contributed by atoms with van der Waals surface area (Å²) in [5.41, 5.74) is 0. The first-order chi connectivity index (χ1) is 5.36. The van der Waals surface area contributed by atoms with E-state index in [1.807, 2.05) is 0 Å². The van der Waals surface area contributed by atoms with Crippen molar-refractivity contribution in [1.29, 1.82) is 5.26 Å². The van der Waals surface area contributed by atoms with Crippen LogP contribution in [0.15, 0.2) is 4.42 Å². The highest BCUT2D eigenvalue weighted by molar-refractivity contribution is 5.24. The molecule has 1 aromatic rings. The molecule has 0 amide bonds. The van der Waals surface area contributed by atoms with Gasteiger partial charge in [0, 0.05) is 0 Å². The summed E-state index contributed by atoms with van der Waals surface area (Å²) in [5.74, 6) is 0. The third kappa shape index (κ3) is 1.82. The maximum atomic E-state index is 8.13. The lowest BCUT2D eigenvalue weighted by Crippen LogP contribution is -1.90. The topological polar surface area (TPSA) is 84.0 Å². The van der Waals surface area contributed by atoms with Crippen molar-refractivity contribution in [3.63, 3.8) is 0 Å². The van der Waals surface area contributed by atoms with E-state index in [0.717, 1.165) is 0 Å². The van der Waals surface area contributed by atoms with Gasteiger partial charge in [0.25, 0.3) is 0 Å². The molecule has 0 unspecified atom stereocenters. The maximum absolute atomic E-state index is 8.13. The van der Waals surface area contributed by atoms with Crippen molar-refractivity contribution < 1.29 is 9.15 Å². The fourth-order valence-electron chi connectivity index (χ4n) is 0.490. The second kappa shape index (κ2) is 3.41. The van der Waals surface area contributed by atoms with E-state index in [1.54, 1.807) is 13.1 Å². The van der Waals surface area contributed by atoms with E-state index in [-0.39, 0.29) is 12.1 Å². The molecule has 6 nitrogen and oxygen atoms in total. The van der Waals surface area contributed by atoms with Gasteiger partial charge in [-0.05, 0) is 6.92 Å². The van der Waals surface area contributed by atoms with E-state index in [1.165, 1.54) is 0 Å². The molecule has 0 bridgehead atoms. The van der Waals surface area contributed by atoms with Gasteiger partial charge in [0.15, 0.2) is 6.19 Å². The molecule has 0 aliphatic rings. The number of nitrogens with zero attached hydrogens (tertiary/aromatic N) is 3. The lowest BCUT2D eigenvalue weighted by molar-refractivity contribution is 0.247. The minimum Gasteiger partial charge on any atom is -0.449 e. The molecule has 0 atom stereocenters. The average Bonchev–Trinajstić information content (AvgIpc) is 2.38. The quantitative estimate of drug-likeness (QED) is 0.499. The fourth-order valence-corrected chi connectivity index (χ4v) is 0.490. The van der Waals surface area contributed by atoms with Crippen LogP contribution in [0.5, 0.6) is 6.08 Å². The Morgan fingerprint density at radius 2 is 2.55 bits per heavy atom. The minimum absolute atomic E-state index is 0.0379. The molecule has 0 aromatic carbocycles. The molecule has 1 aromatic heterocycles. The van der Waals surface area contributed by atoms with Gasteiger partial charge in [-0.25, -0.2) is 5.32 Å². The summed E-state index contributed by atoms with van der Waals surface area (Å²) in [6.07, 6.45) is 1.70. The summed E-state index contributed by atoms with van der Waals surface area (Å²) in [7, 11) is 0. The number of nitriles is 1. The van der Waals surface area contributed by atoms with Crippen molar-refractivity contribution in [1.82, 2.24) is 10.2 Å². The van der Waals surface area contributed by atoms with Gasteiger partial charge in [0.1, 0.15) is 0 Å². The second-order valence-electron chi connectivity index (χ2n) is 1.54. The Bertz CT molecular complexity index is 264. The Labute approximate surface area is 62.8 Å². The van der Waals surface area contributed by atoms with E-state index in [4.69, 9.17) is 14.4 Å². The third-order valence-electron chi connectivity index (χ3n) is 0.837. The largest absolute Gasteiger partial charge is 0.449 e. The van der Waals surface area contributed by atoms with Crippen molar-refractivity contribution in [2.45, 2.75) is 6.92 Å². The van der Waals surface area contributed by atoms with Crippen LogP contribution in [-0.4, -0.2) is 16.8 Å². The number of ether oxygens (including phenoxy) is 1. The van der Waals surface area contributed by atoms with E-state index in [0.29, 0.717) is 6.61 Å². The summed E-state index contributed by atoms with van der Waals surface area (Å²) >= 11 is 0. The zero-order valence-corrected chi connectivity index (χ0v) is 5.87. The van der Waals surface area contributed by atoms with E-state index >= 15 is 0 Å². The Morgan fingerprint density at radius 1 is 1.73 bits per heavy atom. The van der Waals surface area contributed by atoms with E-state index < -0.39 is 0 Å². The van der Waals surface area contributed by atoms with Crippen LogP contribution in [0.4, 0.5) is 6.01 Å². The van der Waals surface area contributed by atoms with Gasteiger partial charge >= 0.3 is 12.1 Å². The van der Waals surface area contributed by atoms with Crippen LogP contribution in [0.3, 0.4) is 0 Å². The zero-order valence-electron chi connectivity index (χ0n) is 5.87. The molecule has 6 heteroatoms. The molecule has 1 rings (SSSR count). The normalized spacial score (nSPS) is 8.73. The highest BCUT2D eigenvalue weighted by atomic mass is 16.6. The molecular formula is C5H6N4O2. The molecule has 1 heterocycles. The Balaban J connectivity index is 2.60. The van der Waals surface area contributed by atoms with Gasteiger partial charge < -0.3 is 9.15 Å². The van der Waals surface area contributed by atoms with Crippen molar-refractivity contribution in [3.05, 3.63) is 0 Å². The molecule has 11 heavy (non-hydrogen) atoms. The second-order valence-corrected chi connectivity index (χ2v) is 1.54. The lowest BCUT2D eigenvalue weighted by Gasteiger charge is -1.90. The first kappa shape index (κ1) is 7.34. The maximum Gasteiger partial charge on any atom is 0.416 e. The SMILES string of the molecule is CCOc1nnc(NC#N)o1. The molecule has 0 saturated carbocycles. The number of nitrogens with one attached hydrogen (secondary N) is 1. The van der Waals surface area contributed by atoms with Gasteiger partial charge in [-0.1, -0.05) is 10.2 Å². The highest BCUT2D eigenvalue weighted by Gasteiger charge is 2.03. The van der Waals surface area contributed by atoms with Crippen LogP contribution >= 0.6 is 0 Å². The monoisotopic (exact) mass is 154 g/mol. The minimum atomic E-state index is 0.0379. The van der Waals surface area contributed by atoms with Gasteiger partial charge in [0.2, 0.25) is 0 Å². The van der Waals surface area contributed by atoms with E-state index in [9.17, 15) is 0 Å². The van der Waals surface area contributed by atoms with Crippen molar-refractivity contribution >= 4 is 6.01 Å². The molecule has 0 saturated heterocycles. The molecular weight excluding hydrogens is 148 g/mol. The summed E-state index contributed by atoms with van der Waals surface area (Å²) in [4.78, 5) is 0. The lowest BCUT2D eigenvalue weighted by atomic mass is 10.9.